The molecule has 5 heteroatoms. The van der Waals surface area contributed by atoms with Gasteiger partial charge in [-0.1, -0.05) is 20.8 Å². The number of aliphatic hydroxyl groups is 1. The summed E-state index contributed by atoms with van der Waals surface area (Å²) in [6.07, 6.45) is -0.249. The van der Waals surface area contributed by atoms with Crippen LogP contribution in [0.1, 0.15) is 32.8 Å². The SMILES string of the molecule is CCC(O)COc1c(F)cc(CNC(C)C)cc1F. The summed E-state index contributed by atoms with van der Waals surface area (Å²) < 4.78 is 32.4. The quantitative estimate of drug-likeness (QED) is 0.802. The van der Waals surface area contributed by atoms with Crippen LogP contribution in [-0.4, -0.2) is 23.9 Å². The summed E-state index contributed by atoms with van der Waals surface area (Å²) >= 11 is 0. The molecule has 0 fully saturated rings. The zero-order chi connectivity index (χ0) is 14.4. The zero-order valence-electron chi connectivity index (χ0n) is 11.5. The van der Waals surface area contributed by atoms with Crippen molar-refractivity contribution in [1.82, 2.24) is 5.32 Å². The standard InChI is InChI=1S/C14H21F2NO2/c1-4-11(18)8-19-14-12(15)5-10(6-13(14)16)7-17-9(2)3/h5-6,9,11,17-18H,4,7-8H2,1-3H3. The van der Waals surface area contributed by atoms with Gasteiger partial charge in [0.05, 0.1) is 6.10 Å². The highest BCUT2D eigenvalue weighted by molar-refractivity contribution is 5.31. The van der Waals surface area contributed by atoms with Crippen molar-refractivity contribution in [3.8, 4) is 5.75 Å². The fraction of sp³-hybridized carbons (Fsp3) is 0.571. The predicted molar refractivity (Wildman–Crippen MR) is 70.1 cm³/mol. The van der Waals surface area contributed by atoms with Gasteiger partial charge in [0.25, 0.3) is 0 Å². The van der Waals surface area contributed by atoms with Gasteiger partial charge in [0.15, 0.2) is 17.4 Å². The van der Waals surface area contributed by atoms with Gasteiger partial charge in [0.1, 0.15) is 6.61 Å². The van der Waals surface area contributed by atoms with Crippen molar-refractivity contribution >= 4 is 0 Å². The molecule has 0 amide bonds. The average Bonchev–Trinajstić information content (AvgIpc) is 2.34. The normalized spacial score (nSPS) is 12.8. The van der Waals surface area contributed by atoms with E-state index < -0.39 is 23.5 Å². The van der Waals surface area contributed by atoms with Gasteiger partial charge in [0, 0.05) is 12.6 Å². The van der Waals surface area contributed by atoms with Crippen molar-refractivity contribution in [2.75, 3.05) is 6.61 Å². The Labute approximate surface area is 112 Å². The van der Waals surface area contributed by atoms with Gasteiger partial charge in [-0.25, -0.2) is 8.78 Å². The van der Waals surface area contributed by atoms with Gasteiger partial charge in [-0.2, -0.15) is 0 Å². The van der Waals surface area contributed by atoms with Crippen molar-refractivity contribution in [3.05, 3.63) is 29.3 Å². The molecule has 0 bridgehead atoms. The van der Waals surface area contributed by atoms with Gasteiger partial charge in [-0.3, -0.25) is 0 Å². The third-order valence-corrected chi connectivity index (χ3v) is 2.66. The number of hydrogen-bond donors (Lipinski definition) is 2. The Balaban J connectivity index is 2.73. The van der Waals surface area contributed by atoms with Crippen LogP contribution < -0.4 is 10.1 Å². The van der Waals surface area contributed by atoms with E-state index in [-0.39, 0.29) is 12.6 Å². The first-order valence-corrected chi connectivity index (χ1v) is 6.46. The summed E-state index contributed by atoms with van der Waals surface area (Å²) in [6.45, 7) is 5.95. The number of ether oxygens (including phenoxy) is 1. The Kier molecular flexibility index (Phi) is 6.18. The second-order valence-electron chi connectivity index (χ2n) is 4.80. The first kappa shape index (κ1) is 15.9. The van der Waals surface area contributed by atoms with Gasteiger partial charge >= 0.3 is 0 Å². The van der Waals surface area contributed by atoms with Crippen LogP contribution in [0, 0.1) is 11.6 Å². The smallest absolute Gasteiger partial charge is 0.190 e. The Morgan fingerprint density at radius 1 is 1.26 bits per heavy atom. The molecule has 0 aromatic heterocycles. The Morgan fingerprint density at radius 3 is 2.32 bits per heavy atom. The van der Waals surface area contributed by atoms with Crippen LogP contribution in [0.2, 0.25) is 0 Å². The van der Waals surface area contributed by atoms with Crippen LogP contribution in [0.25, 0.3) is 0 Å². The van der Waals surface area contributed by atoms with Crippen LogP contribution in [0.5, 0.6) is 5.75 Å². The Bertz CT molecular complexity index is 387. The van der Waals surface area contributed by atoms with Crippen LogP contribution >= 0.6 is 0 Å². The van der Waals surface area contributed by atoms with Gasteiger partial charge in [0.2, 0.25) is 0 Å². The maximum Gasteiger partial charge on any atom is 0.190 e. The van der Waals surface area contributed by atoms with Crippen molar-refractivity contribution in [3.63, 3.8) is 0 Å². The molecule has 3 nitrogen and oxygen atoms in total. The van der Waals surface area contributed by atoms with Crippen molar-refractivity contribution < 1.29 is 18.6 Å². The van der Waals surface area contributed by atoms with E-state index in [1.165, 1.54) is 12.1 Å². The first-order valence-electron chi connectivity index (χ1n) is 6.46. The van der Waals surface area contributed by atoms with Gasteiger partial charge in [-0.05, 0) is 24.1 Å². The Morgan fingerprint density at radius 2 is 1.84 bits per heavy atom. The van der Waals surface area contributed by atoms with E-state index in [2.05, 4.69) is 5.32 Å². The predicted octanol–water partition coefficient (Wildman–Crippen LogP) is 2.61. The number of halogens is 2. The van der Waals surface area contributed by atoms with Gasteiger partial charge in [-0.15, -0.1) is 0 Å². The lowest BCUT2D eigenvalue weighted by atomic mass is 10.2. The largest absolute Gasteiger partial charge is 0.485 e. The third-order valence-electron chi connectivity index (χ3n) is 2.66. The molecule has 108 valence electrons. The van der Waals surface area contributed by atoms with E-state index in [1.807, 2.05) is 13.8 Å². The maximum atomic E-state index is 13.7. The van der Waals surface area contributed by atoms with E-state index in [4.69, 9.17) is 4.74 Å². The summed E-state index contributed by atoms with van der Waals surface area (Å²) in [6, 6.07) is 2.72. The zero-order valence-corrected chi connectivity index (χ0v) is 11.5. The molecule has 0 heterocycles. The third kappa shape index (κ3) is 5.12. The lowest BCUT2D eigenvalue weighted by Gasteiger charge is -2.13. The highest BCUT2D eigenvalue weighted by Gasteiger charge is 2.14. The summed E-state index contributed by atoms with van der Waals surface area (Å²) in [5.74, 6) is -1.92. The molecule has 0 aliphatic heterocycles. The molecule has 0 saturated carbocycles. The van der Waals surface area contributed by atoms with E-state index >= 15 is 0 Å². The van der Waals surface area contributed by atoms with Crippen molar-refractivity contribution in [2.45, 2.75) is 45.9 Å². The molecule has 1 atom stereocenters. The highest BCUT2D eigenvalue weighted by Crippen LogP contribution is 2.23. The molecule has 1 aromatic carbocycles. The molecular formula is C14H21F2NO2. The van der Waals surface area contributed by atoms with E-state index in [9.17, 15) is 13.9 Å². The van der Waals surface area contributed by atoms with E-state index in [0.29, 0.717) is 18.5 Å². The molecule has 0 spiro atoms. The number of aliphatic hydroxyl groups excluding tert-OH is 1. The lowest BCUT2D eigenvalue weighted by molar-refractivity contribution is 0.0994. The van der Waals surface area contributed by atoms with Gasteiger partial charge < -0.3 is 15.2 Å². The fourth-order valence-electron chi connectivity index (χ4n) is 1.47. The second-order valence-corrected chi connectivity index (χ2v) is 4.80. The topological polar surface area (TPSA) is 41.5 Å². The second kappa shape index (κ2) is 7.40. The number of rotatable bonds is 7. The average molecular weight is 273 g/mol. The molecule has 2 N–H and O–H groups in total. The first-order chi connectivity index (χ1) is 8.93. The molecule has 1 rings (SSSR count). The summed E-state index contributed by atoms with van der Waals surface area (Å²) in [5.41, 5.74) is 0.520. The number of nitrogens with one attached hydrogen (secondary N) is 1. The minimum Gasteiger partial charge on any atom is -0.485 e. The van der Waals surface area contributed by atoms with Crippen LogP contribution in [0.3, 0.4) is 0 Å². The Hall–Kier alpha value is -1.20. The summed E-state index contributed by atoms with van der Waals surface area (Å²) in [4.78, 5) is 0. The lowest BCUT2D eigenvalue weighted by Crippen LogP contribution is -2.22. The molecule has 0 radical (unpaired) electrons. The molecular weight excluding hydrogens is 252 g/mol. The minimum atomic E-state index is -0.746. The maximum absolute atomic E-state index is 13.7. The fourth-order valence-corrected chi connectivity index (χ4v) is 1.47. The summed E-state index contributed by atoms with van der Waals surface area (Å²) in [7, 11) is 0. The monoisotopic (exact) mass is 273 g/mol. The summed E-state index contributed by atoms with van der Waals surface area (Å²) in [5, 5.41) is 12.4. The minimum absolute atomic E-state index is 0.117. The molecule has 0 aliphatic carbocycles. The van der Waals surface area contributed by atoms with Crippen LogP contribution in [-0.2, 0) is 6.54 Å². The molecule has 19 heavy (non-hydrogen) atoms. The number of hydrogen-bond acceptors (Lipinski definition) is 3. The molecule has 0 saturated heterocycles. The molecule has 1 aromatic rings. The molecule has 1 unspecified atom stereocenters. The highest BCUT2D eigenvalue weighted by atomic mass is 19.1. The number of benzene rings is 1. The van der Waals surface area contributed by atoms with Crippen LogP contribution in [0.4, 0.5) is 8.78 Å². The van der Waals surface area contributed by atoms with E-state index in [1.54, 1.807) is 6.92 Å². The molecule has 0 aliphatic rings. The van der Waals surface area contributed by atoms with Crippen molar-refractivity contribution in [1.29, 1.82) is 0 Å². The van der Waals surface area contributed by atoms with E-state index in [0.717, 1.165) is 0 Å². The van der Waals surface area contributed by atoms with Crippen LogP contribution in [0.15, 0.2) is 12.1 Å². The van der Waals surface area contributed by atoms with Crippen molar-refractivity contribution in [2.24, 2.45) is 0 Å².